The summed E-state index contributed by atoms with van der Waals surface area (Å²) in [6.45, 7) is 3.83. The molecule has 0 saturated carbocycles. The molecule has 4 nitrogen and oxygen atoms in total. The van der Waals surface area contributed by atoms with Crippen molar-refractivity contribution in [2.75, 3.05) is 0 Å². The summed E-state index contributed by atoms with van der Waals surface area (Å²) >= 11 is 0. The Bertz CT molecular complexity index is 382. The van der Waals surface area contributed by atoms with Gasteiger partial charge in [-0.05, 0) is 13.8 Å². The number of aryl methyl sites for hydroxylation is 1. The summed E-state index contributed by atoms with van der Waals surface area (Å²) in [4.78, 5) is 10.6. The summed E-state index contributed by atoms with van der Waals surface area (Å²) in [6, 6.07) is 0. The average Bonchev–Trinajstić information content (AvgIpc) is 2.43. The van der Waals surface area contributed by atoms with Crippen LogP contribution in [0, 0.1) is 18.8 Å². The minimum Gasteiger partial charge on any atom is -0.478 e. The summed E-state index contributed by atoms with van der Waals surface area (Å²) < 4.78 is 1.52. The Kier molecular flexibility index (Phi) is 2.70. The number of aromatic carboxylic acids is 1. The topological polar surface area (TPSA) is 55.1 Å². The van der Waals surface area contributed by atoms with E-state index in [1.807, 2.05) is 0 Å². The number of aromatic nitrogens is 2. The van der Waals surface area contributed by atoms with Gasteiger partial charge in [0.2, 0.25) is 0 Å². The van der Waals surface area contributed by atoms with E-state index in [0.717, 1.165) is 0 Å². The van der Waals surface area contributed by atoms with Crippen molar-refractivity contribution in [3.63, 3.8) is 0 Å². The molecule has 0 atom stereocenters. The van der Waals surface area contributed by atoms with Crippen LogP contribution in [-0.2, 0) is 6.54 Å². The number of carboxylic acid groups (broad SMARTS) is 1. The first-order chi connectivity index (χ1) is 6.15. The van der Waals surface area contributed by atoms with Crippen LogP contribution in [0.3, 0.4) is 0 Å². The molecular formula is C9H10N2O2. The maximum atomic E-state index is 10.6. The molecule has 0 aliphatic carbocycles. The highest BCUT2D eigenvalue weighted by Gasteiger charge is 2.10. The Balaban J connectivity index is 2.93. The molecule has 0 amide bonds. The molecule has 1 aromatic rings. The quantitative estimate of drug-likeness (QED) is 0.685. The molecule has 0 fully saturated rings. The molecule has 0 spiro atoms. The lowest BCUT2D eigenvalue weighted by Gasteiger charge is -1.89. The van der Waals surface area contributed by atoms with Crippen molar-refractivity contribution in [3.8, 4) is 11.8 Å². The molecule has 68 valence electrons. The van der Waals surface area contributed by atoms with Gasteiger partial charge >= 0.3 is 5.97 Å². The van der Waals surface area contributed by atoms with E-state index in [-0.39, 0.29) is 5.56 Å². The van der Waals surface area contributed by atoms with Crippen molar-refractivity contribution in [1.82, 2.24) is 9.78 Å². The largest absolute Gasteiger partial charge is 0.478 e. The third-order valence-corrected chi connectivity index (χ3v) is 1.59. The predicted octanol–water partition coefficient (Wildman–Crippen LogP) is 0.913. The molecule has 0 aromatic carbocycles. The van der Waals surface area contributed by atoms with Gasteiger partial charge in [-0.1, -0.05) is 5.92 Å². The van der Waals surface area contributed by atoms with Crippen LogP contribution in [0.15, 0.2) is 6.20 Å². The highest BCUT2D eigenvalue weighted by molar-refractivity contribution is 5.88. The van der Waals surface area contributed by atoms with Crippen molar-refractivity contribution in [1.29, 1.82) is 0 Å². The Hall–Kier alpha value is -1.76. The fourth-order valence-corrected chi connectivity index (χ4v) is 0.969. The summed E-state index contributed by atoms with van der Waals surface area (Å²) in [5.74, 6) is 4.57. The van der Waals surface area contributed by atoms with E-state index < -0.39 is 5.97 Å². The molecule has 13 heavy (non-hydrogen) atoms. The second-order valence-electron chi connectivity index (χ2n) is 2.56. The Labute approximate surface area is 76.2 Å². The first-order valence-corrected chi connectivity index (χ1v) is 3.82. The third-order valence-electron chi connectivity index (χ3n) is 1.59. The van der Waals surface area contributed by atoms with Gasteiger partial charge in [0.1, 0.15) is 12.1 Å². The van der Waals surface area contributed by atoms with Crippen LogP contribution in [0.1, 0.15) is 23.0 Å². The lowest BCUT2D eigenvalue weighted by Crippen LogP contribution is -1.96. The van der Waals surface area contributed by atoms with Crippen molar-refractivity contribution in [3.05, 3.63) is 17.5 Å². The summed E-state index contributed by atoms with van der Waals surface area (Å²) in [7, 11) is 0. The van der Waals surface area contributed by atoms with Gasteiger partial charge in [-0.2, -0.15) is 5.10 Å². The molecule has 1 N–H and O–H groups in total. The monoisotopic (exact) mass is 178 g/mol. The molecule has 4 heteroatoms. The molecule has 0 unspecified atom stereocenters. The van der Waals surface area contributed by atoms with Crippen LogP contribution >= 0.6 is 0 Å². The van der Waals surface area contributed by atoms with E-state index >= 15 is 0 Å². The van der Waals surface area contributed by atoms with Crippen LogP contribution in [0.2, 0.25) is 0 Å². The highest BCUT2D eigenvalue weighted by Crippen LogP contribution is 2.04. The molecule has 0 aliphatic heterocycles. The normalized spacial score (nSPS) is 9.08. The number of nitrogens with zero attached hydrogens (tertiary/aromatic N) is 2. The molecule has 1 rings (SSSR count). The van der Waals surface area contributed by atoms with Gasteiger partial charge in [-0.3, -0.25) is 4.68 Å². The Morgan fingerprint density at radius 3 is 2.92 bits per heavy atom. The molecule has 0 radical (unpaired) electrons. The zero-order valence-corrected chi connectivity index (χ0v) is 7.53. The first-order valence-electron chi connectivity index (χ1n) is 3.82. The van der Waals surface area contributed by atoms with E-state index in [4.69, 9.17) is 5.11 Å². The van der Waals surface area contributed by atoms with Gasteiger partial charge in [-0.15, -0.1) is 5.92 Å². The van der Waals surface area contributed by atoms with E-state index in [9.17, 15) is 4.79 Å². The predicted molar refractivity (Wildman–Crippen MR) is 47.4 cm³/mol. The minimum absolute atomic E-state index is 0.234. The fraction of sp³-hybridized carbons (Fsp3) is 0.333. The van der Waals surface area contributed by atoms with E-state index in [1.165, 1.54) is 10.9 Å². The second-order valence-corrected chi connectivity index (χ2v) is 2.56. The Morgan fingerprint density at radius 1 is 1.77 bits per heavy atom. The van der Waals surface area contributed by atoms with Crippen LogP contribution in [0.4, 0.5) is 0 Å². The first kappa shape index (κ1) is 9.33. The average molecular weight is 178 g/mol. The summed E-state index contributed by atoms with van der Waals surface area (Å²) in [5, 5.41) is 12.7. The number of carbonyl (C=O) groups is 1. The van der Waals surface area contributed by atoms with E-state index in [0.29, 0.717) is 12.2 Å². The lowest BCUT2D eigenvalue weighted by atomic mass is 10.3. The standard InChI is InChI=1S/C9H10N2O2/c1-3-4-5-11-6-8(9(12)13)7(2)10-11/h6H,5H2,1-2H3,(H,12,13). The molecule has 0 aliphatic rings. The van der Waals surface area contributed by atoms with Crippen molar-refractivity contribution in [2.45, 2.75) is 20.4 Å². The Morgan fingerprint density at radius 2 is 2.46 bits per heavy atom. The fourth-order valence-electron chi connectivity index (χ4n) is 0.969. The van der Waals surface area contributed by atoms with Crippen molar-refractivity contribution < 1.29 is 9.90 Å². The molecule has 1 aromatic heterocycles. The van der Waals surface area contributed by atoms with E-state index in [2.05, 4.69) is 16.9 Å². The lowest BCUT2D eigenvalue weighted by molar-refractivity contribution is 0.0696. The van der Waals surface area contributed by atoms with Crippen molar-refractivity contribution >= 4 is 5.97 Å². The smallest absolute Gasteiger partial charge is 0.339 e. The third kappa shape index (κ3) is 2.09. The zero-order valence-electron chi connectivity index (χ0n) is 7.53. The SMILES string of the molecule is CC#CCn1cc(C(=O)O)c(C)n1. The number of hydrogen-bond acceptors (Lipinski definition) is 2. The number of carboxylic acids is 1. The van der Waals surface area contributed by atoms with Crippen molar-refractivity contribution in [2.24, 2.45) is 0 Å². The van der Waals surface area contributed by atoms with Crippen LogP contribution < -0.4 is 0 Å². The summed E-state index contributed by atoms with van der Waals surface area (Å²) in [5.41, 5.74) is 0.753. The van der Waals surface area contributed by atoms with Crippen LogP contribution in [0.25, 0.3) is 0 Å². The van der Waals surface area contributed by atoms with Gasteiger partial charge in [0.25, 0.3) is 0 Å². The van der Waals surface area contributed by atoms with Crippen LogP contribution in [0.5, 0.6) is 0 Å². The van der Waals surface area contributed by atoms with Gasteiger partial charge in [0, 0.05) is 6.20 Å². The van der Waals surface area contributed by atoms with Gasteiger partial charge < -0.3 is 5.11 Å². The highest BCUT2D eigenvalue weighted by atomic mass is 16.4. The summed E-state index contributed by atoms with van der Waals surface area (Å²) in [6.07, 6.45) is 1.49. The number of rotatable bonds is 2. The van der Waals surface area contributed by atoms with Gasteiger partial charge in [0.15, 0.2) is 0 Å². The zero-order chi connectivity index (χ0) is 9.84. The molecule has 0 saturated heterocycles. The second kappa shape index (κ2) is 3.76. The minimum atomic E-state index is -0.951. The number of hydrogen-bond donors (Lipinski definition) is 1. The van der Waals surface area contributed by atoms with Crippen LogP contribution in [-0.4, -0.2) is 20.9 Å². The maximum Gasteiger partial charge on any atom is 0.339 e. The molecule has 1 heterocycles. The molecular weight excluding hydrogens is 168 g/mol. The molecule has 0 bridgehead atoms. The van der Waals surface area contributed by atoms with Gasteiger partial charge in [-0.25, -0.2) is 4.79 Å². The van der Waals surface area contributed by atoms with Gasteiger partial charge in [0.05, 0.1) is 5.69 Å². The van der Waals surface area contributed by atoms with E-state index in [1.54, 1.807) is 13.8 Å². The maximum absolute atomic E-state index is 10.6.